The average molecular weight is 468 g/mol. The van der Waals surface area contributed by atoms with Crippen LogP contribution in [0.2, 0.25) is 0 Å². The minimum absolute atomic E-state index is 0.0198. The van der Waals surface area contributed by atoms with E-state index < -0.39 is 29.5 Å². The minimum atomic E-state index is -0.867. The number of nitrogens with zero attached hydrogens (tertiary/aromatic N) is 2. The Morgan fingerprint density at radius 2 is 2.00 bits per heavy atom. The van der Waals surface area contributed by atoms with Crippen LogP contribution in [0.5, 0.6) is 0 Å². The minimum Gasteiger partial charge on any atom is -0.339 e. The molecule has 0 radical (unpaired) electrons. The van der Waals surface area contributed by atoms with Gasteiger partial charge in [-0.15, -0.1) is 0 Å². The van der Waals surface area contributed by atoms with E-state index in [9.17, 15) is 19.6 Å². The van der Waals surface area contributed by atoms with Crippen molar-refractivity contribution in [3.8, 4) is 6.07 Å². The number of carbonyl (C=O) groups excluding carboxylic acids is 3. The third kappa shape index (κ3) is 4.54. The first-order chi connectivity index (χ1) is 15.8. The van der Waals surface area contributed by atoms with Gasteiger partial charge < -0.3 is 21.3 Å². The highest BCUT2D eigenvalue weighted by atomic mass is 16.2. The van der Waals surface area contributed by atoms with Gasteiger partial charge in [-0.3, -0.25) is 14.4 Å². The lowest BCUT2D eigenvalue weighted by molar-refractivity contribution is -0.143. The number of allylic oxidation sites excluding steroid dienone is 3. The van der Waals surface area contributed by atoms with E-state index in [-0.39, 0.29) is 41.4 Å². The quantitative estimate of drug-likeness (QED) is 0.528. The van der Waals surface area contributed by atoms with Crippen LogP contribution in [0.1, 0.15) is 47.5 Å². The fourth-order valence-corrected chi connectivity index (χ4v) is 5.40. The third-order valence-corrected chi connectivity index (χ3v) is 7.84. The van der Waals surface area contributed by atoms with E-state index >= 15 is 0 Å². The highest BCUT2D eigenvalue weighted by molar-refractivity contribution is 5.92. The first-order valence-electron chi connectivity index (χ1n) is 11.8. The number of piperidine rings is 1. The van der Waals surface area contributed by atoms with Gasteiger partial charge in [0.25, 0.3) is 0 Å². The van der Waals surface area contributed by atoms with Crippen LogP contribution in [0.3, 0.4) is 0 Å². The molecule has 8 heteroatoms. The standard InChI is InChI=1S/C26H37N5O3/c1-8-14-10-15(22(32)30-18(14)9-2)11-16(12-27)29-23(33)20-19-17(26(19,6)7)13-31(20)24(34)21(28)25(3,4)5/h8-9,15-17,19-21H,1-2,10-11,13,28H2,3-7H3,(H,29,33)(H,30,32). The summed E-state index contributed by atoms with van der Waals surface area (Å²) >= 11 is 0. The van der Waals surface area contributed by atoms with E-state index in [1.54, 1.807) is 17.1 Å². The number of nitrogens with one attached hydrogen (secondary N) is 2. The van der Waals surface area contributed by atoms with E-state index in [0.717, 1.165) is 5.57 Å². The Morgan fingerprint density at radius 1 is 1.35 bits per heavy atom. The molecule has 3 aliphatic rings. The van der Waals surface area contributed by atoms with Crippen molar-refractivity contribution >= 4 is 17.7 Å². The molecule has 0 aromatic rings. The average Bonchev–Trinajstić information content (AvgIpc) is 3.11. The fourth-order valence-electron chi connectivity index (χ4n) is 5.40. The van der Waals surface area contributed by atoms with Crippen LogP contribution in [0, 0.1) is 39.9 Å². The molecule has 0 aromatic heterocycles. The second-order valence-corrected chi connectivity index (χ2v) is 11.4. The number of nitriles is 1. The van der Waals surface area contributed by atoms with Crippen LogP contribution >= 0.6 is 0 Å². The molecule has 6 atom stereocenters. The van der Waals surface area contributed by atoms with E-state index in [1.807, 2.05) is 20.8 Å². The summed E-state index contributed by atoms with van der Waals surface area (Å²) in [6.07, 6.45) is 3.81. The number of rotatable bonds is 7. The van der Waals surface area contributed by atoms with E-state index in [4.69, 9.17) is 5.73 Å². The Labute approximate surface area is 202 Å². The highest BCUT2D eigenvalue weighted by Gasteiger charge is 2.69. The van der Waals surface area contributed by atoms with Crippen molar-refractivity contribution in [1.29, 1.82) is 5.26 Å². The predicted octanol–water partition coefficient (Wildman–Crippen LogP) is 2.00. The molecule has 1 saturated heterocycles. The van der Waals surface area contributed by atoms with Gasteiger partial charge in [0, 0.05) is 18.2 Å². The lowest BCUT2D eigenvalue weighted by Crippen LogP contribution is -2.58. The first-order valence-corrected chi connectivity index (χ1v) is 11.8. The molecule has 0 spiro atoms. The van der Waals surface area contributed by atoms with Crippen molar-refractivity contribution in [1.82, 2.24) is 15.5 Å². The summed E-state index contributed by atoms with van der Waals surface area (Å²) < 4.78 is 0. The summed E-state index contributed by atoms with van der Waals surface area (Å²) in [4.78, 5) is 40.8. The lowest BCUT2D eigenvalue weighted by Gasteiger charge is -2.36. The second kappa shape index (κ2) is 9.03. The van der Waals surface area contributed by atoms with Gasteiger partial charge in [0.05, 0.1) is 12.1 Å². The first kappa shape index (κ1) is 25.7. The van der Waals surface area contributed by atoms with Crippen LogP contribution in [0.25, 0.3) is 0 Å². The molecular weight excluding hydrogens is 430 g/mol. The van der Waals surface area contributed by atoms with Gasteiger partial charge in [-0.05, 0) is 47.2 Å². The topological polar surface area (TPSA) is 128 Å². The molecule has 8 nitrogen and oxygen atoms in total. The zero-order valence-electron chi connectivity index (χ0n) is 20.9. The molecule has 3 amide bonds. The smallest absolute Gasteiger partial charge is 0.244 e. The van der Waals surface area contributed by atoms with Gasteiger partial charge in [-0.1, -0.05) is 53.9 Å². The molecule has 184 valence electrons. The second-order valence-electron chi connectivity index (χ2n) is 11.4. The molecule has 2 aliphatic heterocycles. The Balaban J connectivity index is 1.75. The van der Waals surface area contributed by atoms with Crippen LogP contribution in [0.4, 0.5) is 0 Å². The van der Waals surface area contributed by atoms with Crippen LogP contribution < -0.4 is 16.4 Å². The fraction of sp³-hybridized carbons (Fsp3) is 0.615. The third-order valence-electron chi connectivity index (χ3n) is 7.84. The maximum Gasteiger partial charge on any atom is 0.244 e. The molecule has 3 rings (SSSR count). The van der Waals surface area contributed by atoms with E-state index in [0.29, 0.717) is 18.7 Å². The highest BCUT2D eigenvalue weighted by Crippen LogP contribution is 2.65. The van der Waals surface area contributed by atoms with Gasteiger partial charge in [0.15, 0.2) is 0 Å². The van der Waals surface area contributed by atoms with Crippen LogP contribution in [-0.4, -0.2) is 47.3 Å². The lowest BCUT2D eigenvalue weighted by atomic mass is 9.86. The van der Waals surface area contributed by atoms with Gasteiger partial charge >= 0.3 is 0 Å². The normalized spacial score (nSPS) is 29.3. The monoisotopic (exact) mass is 467 g/mol. The van der Waals surface area contributed by atoms with Gasteiger partial charge in [0.1, 0.15) is 12.1 Å². The molecule has 4 N–H and O–H groups in total. The summed E-state index contributed by atoms with van der Waals surface area (Å²) in [5.41, 5.74) is 7.20. The number of hydrogen-bond acceptors (Lipinski definition) is 5. The van der Waals surface area contributed by atoms with Crippen LogP contribution in [-0.2, 0) is 14.4 Å². The number of nitrogens with two attached hydrogens (primary N) is 1. The van der Waals surface area contributed by atoms with E-state index in [1.165, 1.54) is 0 Å². The maximum atomic E-state index is 13.4. The zero-order valence-corrected chi connectivity index (χ0v) is 20.9. The molecule has 34 heavy (non-hydrogen) atoms. The molecule has 2 fully saturated rings. The van der Waals surface area contributed by atoms with Gasteiger partial charge in [0.2, 0.25) is 17.7 Å². The van der Waals surface area contributed by atoms with Crippen molar-refractivity contribution in [2.45, 2.75) is 65.6 Å². The molecule has 1 saturated carbocycles. The van der Waals surface area contributed by atoms with Crippen molar-refractivity contribution in [2.75, 3.05) is 6.54 Å². The van der Waals surface area contributed by atoms with Crippen LogP contribution in [0.15, 0.2) is 36.6 Å². The Hall–Kier alpha value is -2.92. The number of amides is 3. The summed E-state index contributed by atoms with van der Waals surface area (Å²) in [5, 5.41) is 15.4. The van der Waals surface area contributed by atoms with Crippen molar-refractivity contribution < 1.29 is 14.4 Å². The molecule has 0 aromatic carbocycles. The Kier molecular flexibility index (Phi) is 6.82. The number of carbonyl (C=O) groups is 3. The Bertz CT molecular complexity index is 983. The van der Waals surface area contributed by atoms with Crippen molar-refractivity contribution in [3.63, 3.8) is 0 Å². The summed E-state index contributed by atoms with van der Waals surface area (Å²) in [6, 6.07) is -0.152. The molecule has 1 aliphatic carbocycles. The predicted molar refractivity (Wildman–Crippen MR) is 130 cm³/mol. The summed E-state index contributed by atoms with van der Waals surface area (Å²) in [6.45, 7) is 17.9. The summed E-state index contributed by atoms with van der Waals surface area (Å²) in [5.74, 6) is -1.06. The summed E-state index contributed by atoms with van der Waals surface area (Å²) in [7, 11) is 0. The van der Waals surface area contributed by atoms with E-state index in [2.05, 4.69) is 43.7 Å². The molecule has 2 heterocycles. The Morgan fingerprint density at radius 3 is 2.53 bits per heavy atom. The van der Waals surface area contributed by atoms with Gasteiger partial charge in [-0.2, -0.15) is 5.26 Å². The molecule has 0 bridgehead atoms. The zero-order chi connectivity index (χ0) is 25.6. The van der Waals surface area contributed by atoms with Crippen molar-refractivity contribution in [3.05, 3.63) is 36.6 Å². The number of hydrogen-bond donors (Lipinski definition) is 3. The largest absolute Gasteiger partial charge is 0.339 e. The number of likely N-dealkylation sites (tertiary alicyclic amines) is 1. The SMILES string of the molecule is C=CC1=C(C=C)NC(=O)C(CC(C#N)NC(=O)C2C3C(CN2C(=O)C(N)C(C)(C)C)C3(C)C)C1. The number of fused-ring (bicyclic) bond motifs is 1. The van der Waals surface area contributed by atoms with Crippen molar-refractivity contribution in [2.24, 2.45) is 34.3 Å². The molecular formula is C26H37N5O3. The van der Waals surface area contributed by atoms with Gasteiger partial charge in [-0.25, -0.2) is 0 Å². The molecule has 6 unspecified atom stereocenters. The maximum absolute atomic E-state index is 13.4.